The van der Waals surface area contributed by atoms with Crippen molar-refractivity contribution in [3.63, 3.8) is 0 Å². The molecule has 0 saturated heterocycles. The van der Waals surface area contributed by atoms with Gasteiger partial charge in [-0.05, 0) is 41.4 Å². The van der Waals surface area contributed by atoms with Crippen LogP contribution < -0.4 is 30.0 Å². The van der Waals surface area contributed by atoms with E-state index in [9.17, 15) is 4.79 Å². The number of anilines is 1. The number of hydrogen-bond donors (Lipinski definition) is 2. The second-order valence-electron chi connectivity index (χ2n) is 7.85. The predicted molar refractivity (Wildman–Crippen MR) is 140 cm³/mol. The van der Waals surface area contributed by atoms with E-state index >= 15 is 0 Å². The van der Waals surface area contributed by atoms with E-state index in [1.165, 1.54) is 11.5 Å². The summed E-state index contributed by atoms with van der Waals surface area (Å²) >= 11 is 1.35. The number of rotatable bonds is 9. The summed E-state index contributed by atoms with van der Waals surface area (Å²) in [5.74, 6) is 1.94. The minimum absolute atomic E-state index is 0.232. The zero-order chi connectivity index (χ0) is 25.7. The van der Waals surface area contributed by atoms with Crippen LogP contribution in [0.2, 0.25) is 0 Å². The Balaban J connectivity index is 1.71. The number of ether oxygens (including phenoxy) is 4. The van der Waals surface area contributed by atoms with Gasteiger partial charge >= 0.3 is 0 Å². The highest BCUT2D eigenvalue weighted by Crippen LogP contribution is 2.45. The van der Waals surface area contributed by atoms with Crippen molar-refractivity contribution < 1.29 is 29.5 Å². The molecular formula is C27H28N3O5S+. The lowest BCUT2D eigenvalue weighted by Gasteiger charge is -2.15. The Morgan fingerprint density at radius 3 is 2.14 bits per heavy atom. The first kappa shape index (κ1) is 25.0. The van der Waals surface area contributed by atoms with Gasteiger partial charge in [0.2, 0.25) is 5.75 Å². The highest BCUT2D eigenvalue weighted by Gasteiger charge is 2.22. The van der Waals surface area contributed by atoms with Crippen molar-refractivity contribution in [1.29, 1.82) is 0 Å². The summed E-state index contributed by atoms with van der Waals surface area (Å²) in [7, 11) is 6.30. The van der Waals surface area contributed by atoms with Crippen molar-refractivity contribution >= 4 is 23.1 Å². The summed E-state index contributed by atoms with van der Waals surface area (Å²) in [4.78, 5) is 13.9. The maximum atomic E-state index is 13.0. The third-order valence-corrected chi connectivity index (χ3v) is 6.63. The number of nitrogens with zero attached hydrogens (tertiary/aromatic N) is 1. The van der Waals surface area contributed by atoms with Gasteiger partial charge < -0.3 is 30.0 Å². The fourth-order valence-electron chi connectivity index (χ4n) is 3.90. The third-order valence-electron chi connectivity index (χ3n) is 5.78. The summed E-state index contributed by atoms with van der Waals surface area (Å²) in [5.41, 5.74) is 8.04. The second kappa shape index (κ2) is 11.1. The van der Waals surface area contributed by atoms with Gasteiger partial charge in [-0.25, -0.2) is 0 Å². The smallest absolute Gasteiger partial charge is 0.287 e. The summed E-state index contributed by atoms with van der Waals surface area (Å²) in [6.07, 6.45) is 1.80. The van der Waals surface area contributed by atoms with E-state index < -0.39 is 6.04 Å². The molecule has 0 unspecified atom stereocenters. The lowest BCUT2D eigenvalue weighted by molar-refractivity contribution is -0.408. The lowest BCUT2D eigenvalue weighted by Crippen LogP contribution is -2.58. The Hall–Kier alpha value is -4.08. The molecule has 8 nitrogen and oxygen atoms in total. The molecule has 4 rings (SSSR count). The van der Waals surface area contributed by atoms with Gasteiger partial charge in [-0.3, -0.25) is 4.79 Å². The molecule has 0 spiro atoms. The van der Waals surface area contributed by atoms with Gasteiger partial charge in [0.15, 0.2) is 17.5 Å². The lowest BCUT2D eigenvalue weighted by atomic mass is 10.0. The van der Waals surface area contributed by atoms with Crippen LogP contribution in [0.25, 0.3) is 21.6 Å². The minimum atomic E-state index is -0.572. The molecule has 4 N–H and O–H groups in total. The molecule has 1 atom stereocenters. The van der Waals surface area contributed by atoms with Crippen molar-refractivity contribution in [2.24, 2.45) is 0 Å². The van der Waals surface area contributed by atoms with Crippen LogP contribution in [0, 0.1) is 0 Å². The quantitative estimate of drug-likeness (QED) is 0.348. The molecule has 1 heterocycles. The molecule has 0 aliphatic rings. The van der Waals surface area contributed by atoms with Gasteiger partial charge in [-0.1, -0.05) is 36.4 Å². The Kier molecular flexibility index (Phi) is 7.72. The number of quaternary nitrogens is 1. The predicted octanol–water partition coefficient (Wildman–Crippen LogP) is 4.43. The number of amides is 1. The van der Waals surface area contributed by atoms with Crippen LogP contribution in [-0.4, -0.2) is 38.7 Å². The van der Waals surface area contributed by atoms with Crippen molar-refractivity contribution in [3.05, 3.63) is 72.4 Å². The Morgan fingerprint density at radius 1 is 0.861 bits per heavy atom. The fraction of sp³-hybridized carbons (Fsp3) is 0.185. The molecular weight excluding hydrogens is 478 g/mol. The Bertz CT molecular complexity index is 1330. The van der Waals surface area contributed by atoms with Gasteiger partial charge in [0.05, 0.1) is 39.0 Å². The molecule has 0 aliphatic carbocycles. The highest BCUT2D eigenvalue weighted by molar-refractivity contribution is 7.10. The van der Waals surface area contributed by atoms with Crippen LogP contribution in [0.5, 0.6) is 23.0 Å². The number of carbonyl (C=O) groups is 1. The molecule has 0 fully saturated rings. The summed E-state index contributed by atoms with van der Waals surface area (Å²) in [6, 6.07) is 18.3. The topological polar surface area (TPSA) is 107 Å². The molecule has 0 saturated carbocycles. The number of methoxy groups -OCH3 is 4. The van der Waals surface area contributed by atoms with Gasteiger partial charge in [0.25, 0.3) is 5.91 Å². The molecule has 0 bridgehead atoms. The molecule has 0 radical (unpaired) electrons. The molecule has 0 aliphatic heterocycles. The van der Waals surface area contributed by atoms with Crippen molar-refractivity contribution in [3.8, 4) is 44.6 Å². The average molecular weight is 507 g/mol. The standard InChI is InChI=1S/C27H27N3O5S/c1-32-21-11-10-17(12-20(21)30-27(31)24(28)16-8-6-5-7-9-16)19-15-29-36-26(19)18-13-22(33-2)25(35-4)23(14-18)34-3/h5-15,24H,28H2,1-4H3,(H,30,31)/p+1/t24-/m0/s1. The molecule has 4 aromatic rings. The minimum Gasteiger partial charge on any atom is -0.495 e. The van der Waals surface area contributed by atoms with E-state index in [1.807, 2.05) is 60.7 Å². The molecule has 186 valence electrons. The van der Waals surface area contributed by atoms with E-state index in [0.717, 1.165) is 27.1 Å². The van der Waals surface area contributed by atoms with Crippen LogP contribution in [-0.2, 0) is 4.79 Å². The van der Waals surface area contributed by atoms with Gasteiger partial charge in [0.1, 0.15) is 5.75 Å². The number of aromatic nitrogens is 1. The zero-order valence-corrected chi connectivity index (χ0v) is 21.3. The van der Waals surface area contributed by atoms with Crippen LogP contribution >= 0.6 is 11.5 Å². The maximum Gasteiger partial charge on any atom is 0.287 e. The molecule has 1 aromatic heterocycles. The van der Waals surface area contributed by atoms with Crippen molar-refractivity contribution in [2.75, 3.05) is 33.8 Å². The number of nitrogens with one attached hydrogen (secondary N) is 1. The van der Waals surface area contributed by atoms with Crippen LogP contribution in [0.3, 0.4) is 0 Å². The van der Waals surface area contributed by atoms with Gasteiger partial charge in [-0.2, -0.15) is 4.37 Å². The molecule has 3 aromatic carbocycles. The molecule has 9 heteroatoms. The second-order valence-corrected chi connectivity index (χ2v) is 8.65. The first-order valence-corrected chi connectivity index (χ1v) is 11.9. The summed E-state index contributed by atoms with van der Waals surface area (Å²) in [6.45, 7) is 0. The first-order chi connectivity index (χ1) is 17.5. The normalized spacial score (nSPS) is 11.5. The average Bonchev–Trinajstić information content (AvgIpc) is 3.42. The third kappa shape index (κ3) is 4.98. The van der Waals surface area contributed by atoms with Crippen LogP contribution in [0.1, 0.15) is 11.6 Å². The zero-order valence-electron chi connectivity index (χ0n) is 20.5. The summed E-state index contributed by atoms with van der Waals surface area (Å²) in [5, 5.41) is 2.97. The van der Waals surface area contributed by atoms with Crippen LogP contribution in [0.15, 0.2) is 66.9 Å². The molecule has 1 amide bonds. The van der Waals surface area contributed by atoms with Gasteiger partial charge in [0, 0.05) is 22.9 Å². The monoisotopic (exact) mass is 506 g/mol. The van der Waals surface area contributed by atoms with Crippen LogP contribution in [0.4, 0.5) is 5.69 Å². The number of carbonyl (C=O) groups excluding carboxylic acids is 1. The van der Waals surface area contributed by atoms with E-state index in [-0.39, 0.29) is 5.91 Å². The Morgan fingerprint density at radius 2 is 1.53 bits per heavy atom. The molecule has 36 heavy (non-hydrogen) atoms. The van der Waals surface area contributed by atoms with Gasteiger partial charge in [-0.15, -0.1) is 0 Å². The largest absolute Gasteiger partial charge is 0.495 e. The first-order valence-electron chi connectivity index (χ1n) is 11.1. The fourth-order valence-corrected chi connectivity index (χ4v) is 4.65. The number of hydrogen-bond acceptors (Lipinski definition) is 7. The summed E-state index contributed by atoms with van der Waals surface area (Å²) < 4.78 is 26.4. The number of benzene rings is 3. The van der Waals surface area contributed by atoms with E-state index in [0.29, 0.717) is 28.7 Å². The van der Waals surface area contributed by atoms with Crippen molar-refractivity contribution in [1.82, 2.24) is 4.37 Å². The maximum absolute atomic E-state index is 13.0. The highest BCUT2D eigenvalue weighted by atomic mass is 32.1. The SMILES string of the molecule is COc1ccc(-c2cnsc2-c2cc(OC)c(OC)c(OC)c2)cc1NC(=O)[C@@H]([NH3+])c1ccccc1. The van der Waals surface area contributed by atoms with E-state index in [2.05, 4.69) is 15.4 Å². The Labute approximate surface area is 213 Å². The van der Waals surface area contributed by atoms with E-state index in [1.54, 1.807) is 34.6 Å². The van der Waals surface area contributed by atoms with Crippen molar-refractivity contribution in [2.45, 2.75) is 6.04 Å². The van der Waals surface area contributed by atoms with E-state index in [4.69, 9.17) is 18.9 Å².